The molecule has 0 amide bonds. The van der Waals surface area contributed by atoms with Crippen molar-refractivity contribution in [2.75, 3.05) is 20.0 Å². The molecular formula is C16H15N3O5S. The molecule has 0 aliphatic carbocycles. The van der Waals surface area contributed by atoms with E-state index in [1.165, 1.54) is 33.3 Å². The van der Waals surface area contributed by atoms with E-state index in [4.69, 9.17) is 9.47 Å². The fourth-order valence-corrected chi connectivity index (χ4v) is 2.67. The first-order valence-electron chi connectivity index (χ1n) is 7.13. The second kappa shape index (κ2) is 7.81. The van der Waals surface area contributed by atoms with Crippen LogP contribution in [-0.4, -0.2) is 40.8 Å². The number of fused-ring (bicyclic) bond motifs is 1. The normalized spacial score (nSPS) is 11.6. The number of rotatable bonds is 6. The number of aromatic amines is 1. The Balaban J connectivity index is 2.51. The van der Waals surface area contributed by atoms with Gasteiger partial charge in [0.1, 0.15) is 5.82 Å². The predicted molar refractivity (Wildman–Crippen MR) is 92.0 cm³/mol. The number of aromatic nitrogens is 2. The molecule has 1 N–H and O–H groups in total. The van der Waals surface area contributed by atoms with Crippen LogP contribution in [0.4, 0.5) is 0 Å². The van der Waals surface area contributed by atoms with Crippen LogP contribution in [0.1, 0.15) is 18.7 Å². The van der Waals surface area contributed by atoms with Crippen LogP contribution in [-0.2, 0) is 9.59 Å². The summed E-state index contributed by atoms with van der Waals surface area (Å²) in [6.07, 6.45) is 0. The number of ketones is 1. The first-order valence-corrected chi connectivity index (χ1v) is 8.11. The van der Waals surface area contributed by atoms with Gasteiger partial charge in [0.05, 0.1) is 36.9 Å². The number of nitrogens with zero attached hydrogens (tertiary/aromatic N) is 2. The minimum Gasteiger partial charge on any atom is -0.493 e. The molecule has 0 aliphatic rings. The minimum atomic E-state index is -1.27. The number of carbonyl (C=O) groups is 2. The molecule has 0 spiro atoms. The fraction of sp³-hybridized carbons (Fsp3) is 0.312. The van der Waals surface area contributed by atoms with E-state index in [-0.39, 0.29) is 27.6 Å². The fourth-order valence-electron chi connectivity index (χ4n) is 2.16. The van der Waals surface area contributed by atoms with Gasteiger partial charge in [-0.25, -0.2) is 4.98 Å². The zero-order valence-electron chi connectivity index (χ0n) is 13.8. The van der Waals surface area contributed by atoms with Crippen molar-refractivity contribution in [2.45, 2.75) is 12.8 Å². The van der Waals surface area contributed by atoms with Gasteiger partial charge < -0.3 is 14.5 Å². The van der Waals surface area contributed by atoms with Crippen molar-refractivity contribution in [3.8, 4) is 17.6 Å². The maximum atomic E-state index is 12.3. The number of H-pyrrole nitrogens is 1. The monoisotopic (exact) mass is 361 g/mol. The Hall–Kier alpha value is -2.86. The van der Waals surface area contributed by atoms with Gasteiger partial charge in [-0.05, 0) is 6.07 Å². The second-order valence-electron chi connectivity index (χ2n) is 4.98. The molecule has 0 radical (unpaired) electrons. The van der Waals surface area contributed by atoms with Crippen molar-refractivity contribution in [1.82, 2.24) is 9.97 Å². The second-order valence-corrected chi connectivity index (χ2v) is 6.14. The molecule has 0 saturated heterocycles. The molecule has 2 rings (SSSR count). The molecule has 1 heterocycles. The molecule has 0 fully saturated rings. The van der Waals surface area contributed by atoms with Crippen molar-refractivity contribution >= 4 is 33.6 Å². The number of nitrogens with one attached hydrogen (secondary N) is 1. The largest absolute Gasteiger partial charge is 0.493 e. The zero-order chi connectivity index (χ0) is 18.6. The Morgan fingerprint density at radius 3 is 2.52 bits per heavy atom. The van der Waals surface area contributed by atoms with Crippen LogP contribution in [0.25, 0.3) is 10.9 Å². The average molecular weight is 361 g/mol. The molecule has 0 saturated carbocycles. The summed E-state index contributed by atoms with van der Waals surface area (Å²) in [6, 6.07) is 4.79. The topological polar surface area (TPSA) is 122 Å². The lowest BCUT2D eigenvalue weighted by Crippen LogP contribution is -2.21. The summed E-state index contributed by atoms with van der Waals surface area (Å²) in [7, 11) is 2.88. The van der Waals surface area contributed by atoms with Crippen LogP contribution in [0.5, 0.6) is 11.5 Å². The summed E-state index contributed by atoms with van der Waals surface area (Å²) in [5.41, 5.74) is -0.239. The molecule has 0 bridgehead atoms. The quantitative estimate of drug-likeness (QED) is 0.819. The van der Waals surface area contributed by atoms with Crippen LogP contribution in [0, 0.1) is 11.3 Å². The summed E-state index contributed by atoms with van der Waals surface area (Å²) in [5, 5.41) is 9.29. The highest BCUT2D eigenvalue weighted by Gasteiger charge is 2.24. The van der Waals surface area contributed by atoms with Crippen molar-refractivity contribution < 1.29 is 19.1 Å². The van der Waals surface area contributed by atoms with Gasteiger partial charge in [-0.3, -0.25) is 14.4 Å². The summed E-state index contributed by atoms with van der Waals surface area (Å²) in [6.45, 7) is 1.33. The average Bonchev–Trinajstić information content (AvgIpc) is 2.59. The van der Waals surface area contributed by atoms with Crippen LogP contribution in [0.3, 0.4) is 0 Å². The van der Waals surface area contributed by atoms with Crippen molar-refractivity contribution in [1.29, 1.82) is 5.26 Å². The Morgan fingerprint density at radius 1 is 1.32 bits per heavy atom. The van der Waals surface area contributed by atoms with E-state index in [0.29, 0.717) is 11.5 Å². The van der Waals surface area contributed by atoms with Gasteiger partial charge >= 0.3 is 0 Å². The first-order chi connectivity index (χ1) is 11.9. The maximum absolute atomic E-state index is 12.3. The molecule has 8 nitrogen and oxygen atoms in total. The molecule has 1 atom stereocenters. The number of nitriles is 1. The van der Waals surface area contributed by atoms with Crippen LogP contribution >= 0.6 is 11.8 Å². The number of benzene rings is 1. The minimum absolute atomic E-state index is 0.0682. The highest BCUT2D eigenvalue weighted by atomic mass is 32.2. The van der Waals surface area contributed by atoms with E-state index in [2.05, 4.69) is 9.97 Å². The van der Waals surface area contributed by atoms with Crippen molar-refractivity contribution in [3.05, 3.63) is 28.3 Å². The molecule has 0 aliphatic heterocycles. The lowest BCUT2D eigenvalue weighted by molar-refractivity contribution is -0.117. The molecule has 0 unspecified atom stereocenters. The van der Waals surface area contributed by atoms with Crippen molar-refractivity contribution in [3.63, 3.8) is 0 Å². The Kier molecular flexibility index (Phi) is 5.77. The summed E-state index contributed by atoms with van der Waals surface area (Å²) in [5.74, 6) is -1.28. The van der Waals surface area contributed by atoms with Gasteiger partial charge in [-0.2, -0.15) is 5.26 Å². The zero-order valence-corrected chi connectivity index (χ0v) is 14.6. The van der Waals surface area contributed by atoms with Gasteiger partial charge in [0.25, 0.3) is 5.56 Å². The van der Waals surface area contributed by atoms with Gasteiger partial charge in [-0.1, -0.05) is 11.8 Å². The smallest absolute Gasteiger partial charge is 0.258 e. The molecule has 25 heavy (non-hydrogen) atoms. The predicted octanol–water partition coefficient (Wildman–Crippen LogP) is 1.40. The lowest BCUT2D eigenvalue weighted by Gasteiger charge is -2.11. The third-order valence-corrected chi connectivity index (χ3v) is 4.21. The number of ether oxygens (including phenoxy) is 2. The molecule has 1 aromatic carbocycles. The van der Waals surface area contributed by atoms with Gasteiger partial charge in [-0.15, -0.1) is 0 Å². The Bertz CT molecular complexity index is 932. The van der Waals surface area contributed by atoms with Gasteiger partial charge in [0.2, 0.25) is 0 Å². The van der Waals surface area contributed by atoms with Crippen LogP contribution < -0.4 is 15.0 Å². The van der Waals surface area contributed by atoms with E-state index in [1.807, 2.05) is 6.07 Å². The highest BCUT2D eigenvalue weighted by Crippen LogP contribution is 2.30. The Labute approximate surface area is 147 Å². The number of hydrogen-bond donors (Lipinski definition) is 1. The van der Waals surface area contributed by atoms with E-state index in [0.717, 1.165) is 11.8 Å². The third kappa shape index (κ3) is 3.97. The molecule has 2 aromatic rings. The number of methoxy groups -OCH3 is 2. The molecule has 1 aromatic heterocycles. The lowest BCUT2D eigenvalue weighted by atomic mass is 10.1. The highest BCUT2D eigenvalue weighted by molar-refractivity contribution is 8.14. The third-order valence-electron chi connectivity index (χ3n) is 3.37. The SMILES string of the molecule is COc1cc2nc([C@@H](C#N)C(=O)CSC(C)=O)[nH]c(=O)c2cc1OC. The van der Waals surface area contributed by atoms with Gasteiger partial charge in [0, 0.05) is 13.0 Å². The van der Waals surface area contributed by atoms with Gasteiger partial charge in [0.15, 0.2) is 28.3 Å². The number of hydrogen-bond acceptors (Lipinski definition) is 8. The summed E-state index contributed by atoms with van der Waals surface area (Å²) >= 11 is 0.801. The molecule has 130 valence electrons. The van der Waals surface area contributed by atoms with E-state index in [1.54, 1.807) is 0 Å². The number of carbonyl (C=O) groups excluding carboxylic acids is 2. The summed E-state index contributed by atoms with van der Waals surface area (Å²) in [4.78, 5) is 42.1. The number of Topliss-reactive ketones (excluding diaryl/α,β-unsaturated/α-hetero) is 1. The van der Waals surface area contributed by atoms with Crippen molar-refractivity contribution in [2.24, 2.45) is 0 Å². The van der Waals surface area contributed by atoms with Crippen LogP contribution in [0.15, 0.2) is 16.9 Å². The van der Waals surface area contributed by atoms with E-state index >= 15 is 0 Å². The Morgan fingerprint density at radius 2 is 1.96 bits per heavy atom. The van der Waals surface area contributed by atoms with E-state index in [9.17, 15) is 19.6 Å². The number of thioether (sulfide) groups is 1. The first kappa shape index (κ1) is 18.5. The molecular weight excluding hydrogens is 346 g/mol. The molecule has 9 heteroatoms. The van der Waals surface area contributed by atoms with Crippen LogP contribution in [0.2, 0.25) is 0 Å². The van der Waals surface area contributed by atoms with E-state index < -0.39 is 17.3 Å². The summed E-state index contributed by atoms with van der Waals surface area (Å²) < 4.78 is 10.3. The maximum Gasteiger partial charge on any atom is 0.258 e. The standard InChI is InChI=1S/C16H15N3O5S/c1-8(20)25-7-12(21)10(6-17)15-18-11-5-14(24-3)13(23-2)4-9(11)16(22)19-15/h4-5,10H,7H2,1-3H3,(H,18,19,22)/t10-/m0/s1.